The summed E-state index contributed by atoms with van der Waals surface area (Å²) in [6.45, 7) is 4.89. The van der Waals surface area contributed by atoms with E-state index in [1.165, 1.54) is 6.42 Å². The van der Waals surface area contributed by atoms with E-state index in [2.05, 4.69) is 34.7 Å². The number of hydrogen-bond acceptors (Lipinski definition) is 6. The third-order valence-corrected chi connectivity index (χ3v) is 9.55. The molecule has 0 bridgehead atoms. The van der Waals surface area contributed by atoms with Crippen LogP contribution in [0.15, 0.2) is 35.7 Å². The molecule has 37 heavy (non-hydrogen) atoms. The summed E-state index contributed by atoms with van der Waals surface area (Å²) >= 11 is 1.66. The normalized spacial score (nSPS) is 23.8. The van der Waals surface area contributed by atoms with Crippen molar-refractivity contribution >= 4 is 23.2 Å². The van der Waals surface area contributed by atoms with Crippen molar-refractivity contribution in [1.29, 1.82) is 0 Å². The van der Waals surface area contributed by atoms with Crippen molar-refractivity contribution in [2.75, 3.05) is 19.6 Å². The first-order chi connectivity index (χ1) is 18.0. The van der Waals surface area contributed by atoms with Crippen LogP contribution in [-0.4, -0.2) is 69.0 Å². The van der Waals surface area contributed by atoms with Crippen LogP contribution in [0.3, 0.4) is 0 Å². The number of likely N-dealkylation sites (tertiary alicyclic amines) is 1. The number of carbonyl (C=O) groups excluding carboxylic acids is 2. The van der Waals surface area contributed by atoms with E-state index in [4.69, 9.17) is 4.98 Å². The van der Waals surface area contributed by atoms with Crippen LogP contribution < -0.4 is 5.32 Å². The summed E-state index contributed by atoms with van der Waals surface area (Å²) in [5.41, 5.74) is 1.36. The molecule has 5 rings (SSSR count). The standard InChI is InChI=1S/C29H40N4O3S/c1-2-3-16-33-27(35)24(25(34)21-10-6-4-7-11-21)31-28(36)29(33)14-17-32(18-15-29)19-23-20-37-26(30-23)22-12-8-5-9-13-22/h5,8-9,12-13,20-21,24-25,34H,2-4,6-7,10-11,14-19H2,1H3,(H,31,36)/t24-,25-/m1/s1. The summed E-state index contributed by atoms with van der Waals surface area (Å²) in [4.78, 5) is 36.5. The Morgan fingerprint density at radius 1 is 1.14 bits per heavy atom. The van der Waals surface area contributed by atoms with Crippen LogP contribution in [-0.2, 0) is 16.1 Å². The topological polar surface area (TPSA) is 85.8 Å². The molecule has 200 valence electrons. The van der Waals surface area contributed by atoms with Crippen LogP contribution >= 0.6 is 11.3 Å². The van der Waals surface area contributed by atoms with Gasteiger partial charge in [0.05, 0.1) is 11.8 Å². The summed E-state index contributed by atoms with van der Waals surface area (Å²) in [7, 11) is 0. The Labute approximate surface area is 224 Å². The predicted octanol–water partition coefficient (Wildman–Crippen LogP) is 4.21. The highest BCUT2D eigenvalue weighted by Gasteiger charge is 2.55. The van der Waals surface area contributed by atoms with Crippen molar-refractivity contribution < 1.29 is 14.7 Å². The first-order valence-electron chi connectivity index (χ1n) is 14.0. The van der Waals surface area contributed by atoms with Crippen LogP contribution in [0.25, 0.3) is 10.6 Å². The molecule has 1 aromatic heterocycles. The number of nitrogens with one attached hydrogen (secondary N) is 1. The molecule has 3 aliphatic rings. The van der Waals surface area contributed by atoms with Gasteiger partial charge in [0, 0.05) is 37.1 Å². The van der Waals surface area contributed by atoms with Gasteiger partial charge in [0.2, 0.25) is 11.8 Å². The molecule has 3 fully saturated rings. The van der Waals surface area contributed by atoms with Gasteiger partial charge >= 0.3 is 0 Å². The number of benzene rings is 1. The third kappa shape index (κ3) is 5.47. The average molecular weight is 525 g/mol. The highest BCUT2D eigenvalue weighted by molar-refractivity contribution is 7.13. The smallest absolute Gasteiger partial charge is 0.248 e. The van der Waals surface area contributed by atoms with E-state index in [9.17, 15) is 14.7 Å². The first-order valence-corrected chi connectivity index (χ1v) is 14.9. The highest BCUT2D eigenvalue weighted by atomic mass is 32.1. The maximum atomic E-state index is 13.8. The summed E-state index contributed by atoms with van der Waals surface area (Å²) in [6, 6.07) is 9.41. The molecule has 2 atom stereocenters. The summed E-state index contributed by atoms with van der Waals surface area (Å²) < 4.78 is 0. The molecule has 7 nitrogen and oxygen atoms in total. The van der Waals surface area contributed by atoms with Crippen molar-refractivity contribution in [2.24, 2.45) is 5.92 Å². The van der Waals surface area contributed by atoms with Crippen molar-refractivity contribution in [2.45, 2.75) is 88.9 Å². The number of rotatable bonds is 8. The summed E-state index contributed by atoms with van der Waals surface area (Å²) in [6.07, 6.45) is 7.44. The van der Waals surface area contributed by atoms with Crippen LogP contribution in [0, 0.1) is 5.92 Å². The van der Waals surface area contributed by atoms with Gasteiger partial charge in [-0.2, -0.15) is 0 Å². The number of amides is 2. The SMILES string of the molecule is CCCCN1C(=O)[C@@H]([C@H](O)C2CCCCC2)NC(=O)C12CCN(Cc1csc(-c3ccccc3)n1)CC2. The minimum absolute atomic E-state index is 0.0808. The zero-order valence-electron chi connectivity index (χ0n) is 21.9. The Kier molecular flexibility index (Phi) is 8.27. The number of unbranched alkanes of at least 4 members (excludes halogenated alkanes) is 1. The predicted molar refractivity (Wildman–Crippen MR) is 146 cm³/mol. The Balaban J connectivity index is 1.26. The molecule has 1 spiro atoms. The molecule has 0 radical (unpaired) electrons. The van der Waals surface area contributed by atoms with Crippen molar-refractivity contribution in [3.05, 3.63) is 41.4 Å². The lowest BCUT2D eigenvalue weighted by molar-refractivity contribution is -0.166. The zero-order chi connectivity index (χ0) is 25.8. The molecule has 3 heterocycles. The van der Waals surface area contributed by atoms with Gasteiger partial charge in [0.25, 0.3) is 0 Å². The Bertz CT molecular complexity index is 1060. The number of aromatic nitrogens is 1. The van der Waals surface area contributed by atoms with Crippen LogP contribution in [0.5, 0.6) is 0 Å². The van der Waals surface area contributed by atoms with E-state index in [1.54, 1.807) is 11.3 Å². The lowest BCUT2D eigenvalue weighted by Gasteiger charge is -2.52. The molecule has 2 aromatic rings. The van der Waals surface area contributed by atoms with Crippen LogP contribution in [0.4, 0.5) is 0 Å². The van der Waals surface area contributed by atoms with E-state index in [1.807, 2.05) is 23.1 Å². The first kappa shape index (κ1) is 26.3. The molecule has 1 aliphatic carbocycles. The highest BCUT2D eigenvalue weighted by Crippen LogP contribution is 2.36. The minimum atomic E-state index is -0.817. The maximum Gasteiger partial charge on any atom is 0.248 e. The average Bonchev–Trinajstić information content (AvgIpc) is 3.41. The summed E-state index contributed by atoms with van der Waals surface area (Å²) in [5.74, 6) is -0.0832. The number of thiazole rings is 1. The Morgan fingerprint density at radius 2 is 1.86 bits per heavy atom. The summed E-state index contributed by atoms with van der Waals surface area (Å²) in [5, 5.41) is 17.3. The van der Waals surface area contributed by atoms with E-state index in [-0.39, 0.29) is 17.7 Å². The Hall–Kier alpha value is -2.29. The lowest BCUT2D eigenvalue weighted by atomic mass is 9.78. The van der Waals surface area contributed by atoms with Gasteiger partial charge in [-0.05, 0) is 38.0 Å². The van der Waals surface area contributed by atoms with Crippen molar-refractivity contribution in [1.82, 2.24) is 20.1 Å². The molecule has 2 N–H and O–H groups in total. The fourth-order valence-corrected chi connectivity index (χ4v) is 7.18. The molecule has 2 saturated heterocycles. The number of nitrogens with zero attached hydrogens (tertiary/aromatic N) is 3. The minimum Gasteiger partial charge on any atom is -0.390 e. The molecule has 0 unspecified atom stereocenters. The number of piperazine rings is 1. The second-order valence-corrected chi connectivity index (χ2v) is 11.9. The molecule has 8 heteroatoms. The van der Waals surface area contributed by atoms with E-state index >= 15 is 0 Å². The molecule has 2 aliphatic heterocycles. The number of piperidine rings is 1. The molecular weight excluding hydrogens is 484 g/mol. The second-order valence-electron chi connectivity index (χ2n) is 11.0. The molecule has 1 aromatic carbocycles. The Morgan fingerprint density at radius 3 is 2.57 bits per heavy atom. The van der Waals surface area contributed by atoms with Gasteiger partial charge in [-0.25, -0.2) is 4.98 Å². The number of hydrogen-bond donors (Lipinski definition) is 2. The fraction of sp³-hybridized carbons (Fsp3) is 0.621. The maximum absolute atomic E-state index is 13.8. The van der Waals surface area contributed by atoms with Crippen LogP contribution in [0.2, 0.25) is 0 Å². The van der Waals surface area contributed by atoms with Gasteiger partial charge in [0.1, 0.15) is 16.6 Å². The fourth-order valence-electron chi connectivity index (χ4n) is 6.36. The van der Waals surface area contributed by atoms with Gasteiger partial charge < -0.3 is 15.3 Å². The van der Waals surface area contributed by atoms with E-state index in [0.717, 1.165) is 74.4 Å². The largest absolute Gasteiger partial charge is 0.390 e. The van der Waals surface area contributed by atoms with Gasteiger partial charge in [-0.15, -0.1) is 11.3 Å². The molecule has 1 saturated carbocycles. The second kappa shape index (κ2) is 11.6. The van der Waals surface area contributed by atoms with Crippen molar-refractivity contribution in [3.8, 4) is 10.6 Å². The monoisotopic (exact) mass is 524 g/mol. The van der Waals surface area contributed by atoms with Crippen LogP contribution in [0.1, 0.15) is 70.4 Å². The quantitative estimate of drug-likeness (QED) is 0.540. The van der Waals surface area contributed by atoms with E-state index in [0.29, 0.717) is 19.4 Å². The number of aliphatic hydroxyl groups excluding tert-OH is 1. The van der Waals surface area contributed by atoms with Crippen molar-refractivity contribution in [3.63, 3.8) is 0 Å². The van der Waals surface area contributed by atoms with Gasteiger partial charge in [0.15, 0.2) is 0 Å². The number of aliphatic hydroxyl groups is 1. The zero-order valence-corrected chi connectivity index (χ0v) is 22.7. The molecular formula is C29H40N4O3S. The van der Waals surface area contributed by atoms with E-state index < -0.39 is 17.7 Å². The third-order valence-electron chi connectivity index (χ3n) is 8.61. The molecule has 2 amide bonds. The van der Waals surface area contributed by atoms with Gasteiger partial charge in [-0.1, -0.05) is 62.9 Å². The number of carbonyl (C=O) groups is 2. The van der Waals surface area contributed by atoms with Gasteiger partial charge in [-0.3, -0.25) is 14.5 Å². The lowest BCUT2D eigenvalue weighted by Crippen LogP contribution is -2.75.